The molecule has 102 valence electrons. The first kappa shape index (κ1) is 14.8. The van der Waals surface area contributed by atoms with E-state index in [1.807, 2.05) is 0 Å². The van der Waals surface area contributed by atoms with E-state index in [0.29, 0.717) is 17.1 Å². The Bertz CT molecular complexity index is 491. The lowest BCUT2D eigenvalue weighted by atomic mass is 10.1. The van der Waals surface area contributed by atoms with Crippen LogP contribution >= 0.6 is 0 Å². The molecule has 0 aliphatic heterocycles. The molecule has 0 fully saturated rings. The summed E-state index contributed by atoms with van der Waals surface area (Å²) in [4.78, 5) is 22.9. The molecule has 0 bridgehead atoms. The van der Waals surface area contributed by atoms with Gasteiger partial charge in [-0.1, -0.05) is 0 Å². The molecule has 0 aliphatic rings. The van der Waals surface area contributed by atoms with Crippen LogP contribution < -0.4 is 9.47 Å². The van der Waals surface area contributed by atoms with Crippen molar-refractivity contribution in [3.63, 3.8) is 0 Å². The number of esters is 1. The van der Waals surface area contributed by atoms with Crippen molar-refractivity contribution in [2.45, 2.75) is 6.92 Å². The monoisotopic (exact) mass is 264 g/mol. The molecule has 0 saturated heterocycles. The first-order valence-corrected chi connectivity index (χ1v) is 5.73. The van der Waals surface area contributed by atoms with Crippen molar-refractivity contribution in [1.29, 1.82) is 0 Å². The topological polar surface area (TPSA) is 61.8 Å². The molecule has 0 aliphatic carbocycles. The van der Waals surface area contributed by atoms with Crippen LogP contribution in [0.1, 0.15) is 17.3 Å². The van der Waals surface area contributed by atoms with Crippen LogP contribution in [0.4, 0.5) is 0 Å². The third-order valence-electron chi connectivity index (χ3n) is 2.33. The SMILES string of the molecule is CCOC(=O)/C=C/C(=O)c1ccc(OC)c(OC)c1. The average Bonchev–Trinajstić information content (AvgIpc) is 2.44. The Morgan fingerprint density at radius 1 is 1.11 bits per heavy atom. The van der Waals surface area contributed by atoms with Crippen LogP contribution in [0.2, 0.25) is 0 Å². The zero-order chi connectivity index (χ0) is 14.3. The molecular weight excluding hydrogens is 248 g/mol. The van der Waals surface area contributed by atoms with Crippen molar-refractivity contribution in [2.24, 2.45) is 0 Å². The molecule has 0 amide bonds. The summed E-state index contributed by atoms with van der Waals surface area (Å²) in [5, 5.41) is 0. The minimum Gasteiger partial charge on any atom is -0.493 e. The Labute approximate surface area is 111 Å². The lowest BCUT2D eigenvalue weighted by molar-refractivity contribution is -0.137. The third-order valence-corrected chi connectivity index (χ3v) is 2.33. The van der Waals surface area contributed by atoms with Crippen LogP contribution in [0.15, 0.2) is 30.4 Å². The fourth-order valence-corrected chi connectivity index (χ4v) is 1.42. The minimum atomic E-state index is -0.545. The van der Waals surface area contributed by atoms with Gasteiger partial charge in [0.15, 0.2) is 17.3 Å². The molecule has 5 nitrogen and oxygen atoms in total. The number of hydrogen-bond donors (Lipinski definition) is 0. The summed E-state index contributed by atoms with van der Waals surface area (Å²) < 4.78 is 14.9. The second kappa shape index (κ2) is 7.20. The molecule has 1 rings (SSSR count). The minimum absolute atomic E-state index is 0.272. The van der Waals surface area contributed by atoms with E-state index >= 15 is 0 Å². The summed E-state index contributed by atoms with van der Waals surface area (Å²) in [6.07, 6.45) is 2.27. The maximum Gasteiger partial charge on any atom is 0.330 e. The summed E-state index contributed by atoms with van der Waals surface area (Å²) in [5.41, 5.74) is 0.401. The second-order valence-corrected chi connectivity index (χ2v) is 3.52. The molecular formula is C14H16O5. The fourth-order valence-electron chi connectivity index (χ4n) is 1.42. The first-order chi connectivity index (χ1) is 9.12. The zero-order valence-electron chi connectivity index (χ0n) is 11.1. The molecule has 0 saturated carbocycles. The highest BCUT2D eigenvalue weighted by Gasteiger charge is 2.09. The first-order valence-electron chi connectivity index (χ1n) is 5.73. The van der Waals surface area contributed by atoms with Gasteiger partial charge in [-0.05, 0) is 31.2 Å². The summed E-state index contributed by atoms with van der Waals surface area (Å²) in [6.45, 7) is 1.97. The Morgan fingerprint density at radius 3 is 2.37 bits per heavy atom. The van der Waals surface area contributed by atoms with Gasteiger partial charge in [0.1, 0.15) is 0 Å². The molecule has 0 atom stereocenters. The van der Waals surface area contributed by atoms with E-state index in [9.17, 15) is 9.59 Å². The second-order valence-electron chi connectivity index (χ2n) is 3.52. The number of hydrogen-bond acceptors (Lipinski definition) is 5. The standard InChI is InChI=1S/C14H16O5/c1-4-19-14(16)8-6-11(15)10-5-7-12(17-2)13(9-10)18-3/h5-9H,4H2,1-3H3/b8-6+. The fraction of sp³-hybridized carbons (Fsp3) is 0.286. The van der Waals surface area contributed by atoms with Crippen LogP contribution in [0.25, 0.3) is 0 Å². The van der Waals surface area contributed by atoms with E-state index in [1.54, 1.807) is 25.1 Å². The summed E-state index contributed by atoms with van der Waals surface area (Å²) in [6, 6.07) is 4.78. The molecule has 0 radical (unpaired) electrons. The lowest BCUT2D eigenvalue weighted by Crippen LogP contribution is -2.02. The van der Waals surface area contributed by atoms with Crippen molar-refractivity contribution in [3.05, 3.63) is 35.9 Å². The quantitative estimate of drug-likeness (QED) is 0.447. The van der Waals surface area contributed by atoms with Crippen molar-refractivity contribution >= 4 is 11.8 Å². The summed E-state index contributed by atoms with van der Waals surface area (Å²) >= 11 is 0. The molecule has 1 aromatic carbocycles. The average molecular weight is 264 g/mol. The van der Waals surface area contributed by atoms with Crippen LogP contribution in [0, 0.1) is 0 Å². The molecule has 0 spiro atoms. The molecule has 0 N–H and O–H groups in total. The Hall–Kier alpha value is -2.30. The lowest BCUT2D eigenvalue weighted by Gasteiger charge is -2.07. The van der Waals surface area contributed by atoms with Crippen LogP contribution in [0.3, 0.4) is 0 Å². The largest absolute Gasteiger partial charge is 0.493 e. The zero-order valence-corrected chi connectivity index (χ0v) is 11.1. The molecule has 0 aromatic heterocycles. The van der Waals surface area contributed by atoms with Gasteiger partial charge in [0.2, 0.25) is 0 Å². The highest BCUT2D eigenvalue weighted by Crippen LogP contribution is 2.27. The predicted molar refractivity (Wildman–Crippen MR) is 69.6 cm³/mol. The highest BCUT2D eigenvalue weighted by molar-refractivity contribution is 6.07. The van der Waals surface area contributed by atoms with E-state index in [2.05, 4.69) is 4.74 Å². The number of methoxy groups -OCH3 is 2. The van der Waals surface area contributed by atoms with Crippen molar-refractivity contribution in [1.82, 2.24) is 0 Å². The molecule has 0 heterocycles. The number of benzene rings is 1. The number of allylic oxidation sites excluding steroid dienone is 1. The van der Waals surface area contributed by atoms with E-state index < -0.39 is 5.97 Å². The van der Waals surface area contributed by atoms with E-state index in [0.717, 1.165) is 6.08 Å². The number of ether oxygens (including phenoxy) is 3. The van der Waals surface area contributed by atoms with E-state index in [4.69, 9.17) is 9.47 Å². The van der Waals surface area contributed by atoms with Crippen molar-refractivity contribution in [2.75, 3.05) is 20.8 Å². The molecule has 19 heavy (non-hydrogen) atoms. The molecule has 1 aromatic rings. The van der Waals surface area contributed by atoms with Gasteiger partial charge in [-0.15, -0.1) is 0 Å². The number of carbonyl (C=O) groups excluding carboxylic acids is 2. The summed E-state index contributed by atoms with van der Waals surface area (Å²) in [5.74, 6) is 0.136. The van der Waals surface area contributed by atoms with Gasteiger partial charge in [0.25, 0.3) is 0 Å². The van der Waals surface area contributed by atoms with Crippen LogP contribution in [0.5, 0.6) is 11.5 Å². The van der Waals surface area contributed by atoms with Gasteiger partial charge >= 0.3 is 5.97 Å². The number of rotatable bonds is 6. The van der Waals surface area contributed by atoms with Crippen LogP contribution in [-0.2, 0) is 9.53 Å². The Balaban J connectivity index is 2.85. The molecule has 5 heteroatoms. The Kier molecular flexibility index (Phi) is 5.60. The number of ketones is 1. The van der Waals surface area contributed by atoms with Gasteiger partial charge in [0, 0.05) is 11.6 Å². The van der Waals surface area contributed by atoms with Gasteiger partial charge in [0.05, 0.1) is 20.8 Å². The summed E-state index contributed by atoms with van der Waals surface area (Å²) in [7, 11) is 3.00. The van der Waals surface area contributed by atoms with Crippen LogP contribution in [-0.4, -0.2) is 32.6 Å². The van der Waals surface area contributed by atoms with Gasteiger partial charge in [-0.3, -0.25) is 4.79 Å². The highest BCUT2D eigenvalue weighted by atomic mass is 16.5. The molecule has 0 unspecified atom stereocenters. The normalized spacial score (nSPS) is 10.3. The van der Waals surface area contributed by atoms with Gasteiger partial charge in [-0.2, -0.15) is 0 Å². The van der Waals surface area contributed by atoms with Crippen molar-refractivity contribution in [3.8, 4) is 11.5 Å². The maximum atomic E-state index is 11.8. The van der Waals surface area contributed by atoms with E-state index in [-0.39, 0.29) is 12.4 Å². The van der Waals surface area contributed by atoms with Gasteiger partial charge in [-0.25, -0.2) is 4.79 Å². The Morgan fingerprint density at radius 2 is 1.79 bits per heavy atom. The number of carbonyl (C=O) groups is 2. The predicted octanol–water partition coefficient (Wildman–Crippen LogP) is 2.01. The third kappa shape index (κ3) is 4.13. The maximum absolute atomic E-state index is 11.8. The van der Waals surface area contributed by atoms with Crippen molar-refractivity contribution < 1.29 is 23.8 Å². The van der Waals surface area contributed by atoms with Gasteiger partial charge < -0.3 is 14.2 Å². The smallest absolute Gasteiger partial charge is 0.330 e. The van der Waals surface area contributed by atoms with E-state index in [1.165, 1.54) is 20.3 Å².